The molecule has 0 aliphatic heterocycles. The molecule has 0 aliphatic carbocycles. The van der Waals surface area contributed by atoms with Gasteiger partial charge < -0.3 is 5.32 Å². The van der Waals surface area contributed by atoms with Crippen molar-refractivity contribution in [2.45, 2.75) is 13.1 Å². The Morgan fingerprint density at radius 2 is 1.61 bits per heavy atom. The van der Waals surface area contributed by atoms with E-state index < -0.39 is 21.7 Å². The van der Waals surface area contributed by atoms with Crippen LogP contribution < -0.4 is 10.0 Å². The van der Waals surface area contributed by atoms with Crippen LogP contribution in [0.4, 0.5) is 8.78 Å². The van der Waals surface area contributed by atoms with E-state index in [2.05, 4.69) is 10.0 Å². The van der Waals surface area contributed by atoms with Crippen molar-refractivity contribution in [3.8, 4) is 0 Å². The van der Waals surface area contributed by atoms with Gasteiger partial charge in [0.25, 0.3) is 0 Å². The molecule has 23 heavy (non-hydrogen) atoms. The Hall–Kier alpha value is -1.83. The van der Waals surface area contributed by atoms with Gasteiger partial charge in [-0.25, -0.2) is 21.9 Å². The summed E-state index contributed by atoms with van der Waals surface area (Å²) in [6, 6.07) is 12.8. The van der Waals surface area contributed by atoms with E-state index in [1.807, 2.05) is 30.3 Å². The first-order chi connectivity index (χ1) is 11.0. The first kappa shape index (κ1) is 17.5. The van der Waals surface area contributed by atoms with E-state index in [9.17, 15) is 17.2 Å². The fourth-order valence-electron chi connectivity index (χ4n) is 1.95. The van der Waals surface area contributed by atoms with Crippen LogP contribution in [0.15, 0.2) is 48.5 Å². The Bertz CT molecular complexity index is 737. The van der Waals surface area contributed by atoms with Crippen LogP contribution in [0.25, 0.3) is 0 Å². The summed E-state index contributed by atoms with van der Waals surface area (Å²) in [7, 11) is -3.40. The van der Waals surface area contributed by atoms with Gasteiger partial charge in [-0.3, -0.25) is 0 Å². The maximum Gasteiger partial charge on any atom is 0.213 e. The van der Waals surface area contributed by atoms with E-state index in [4.69, 9.17) is 0 Å². The normalized spacial score (nSPS) is 11.6. The molecule has 0 unspecified atom stereocenters. The molecule has 0 heterocycles. The standard InChI is InChI=1S/C16H18F2N2O2S/c17-15-7-6-14(10-16(15)18)11-19-8-9-23(21,22)20-12-13-4-2-1-3-5-13/h1-7,10,19-20H,8-9,11-12H2. The van der Waals surface area contributed by atoms with Gasteiger partial charge in [0.2, 0.25) is 10.0 Å². The minimum atomic E-state index is -3.40. The van der Waals surface area contributed by atoms with Gasteiger partial charge in [-0.2, -0.15) is 0 Å². The van der Waals surface area contributed by atoms with E-state index in [-0.39, 0.29) is 25.4 Å². The molecule has 2 N–H and O–H groups in total. The monoisotopic (exact) mass is 340 g/mol. The van der Waals surface area contributed by atoms with Gasteiger partial charge in [-0.1, -0.05) is 36.4 Å². The third-order valence-electron chi connectivity index (χ3n) is 3.20. The maximum absolute atomic E-state index is 13.0. The maximum atomic E-state index is 13.0. The topological polar surface area (TPSA) is 58.2 Å². The molecule has 0 fully saturated rings. The van der Waals surface area contributed by atoms with E-state index in [0.29, 0.717) is 5.56 Å². The molecule has 0 aliphatic rings. The molecule has 0 bridgehead atoms. The van der Waals surface area contributed by atoms with Crippen LogP contribution in [0.1, 0.15) is 11.1 Å². The van der Waals surface area contributed by atoms with Gasteiger partial charge in [0, 0.05) is 19.6 Å². The molecule has 0 saturated heterocycles. The summed E-state index contributed by atoms with van der Waals surface area (Å²) < 4.78 is 52.0. The van der Waals surface area contributed by atoms with Crippen molar-refractivity contribution in [1.82, 2.24) is 10.0 Å². The van der Waals surface area contributed by atoms with Gasteiger partial charge in [-0.05, 0) is 23.3 Å². The van der Waals surface area contributed by atoms with Crippen molar-refractivity contribution >= 4 is 10.0 Å². The average molecular weight is 340 g/mol. The van der Waals surface area contributed by atoms with Crippen molar-refractivity contribution in [1.29, 1.82) is 0 Å². The van der Waals surface area contributed by atoms with Crippen molar-refractivity contribution in [3.05, 3.63) is 71.3 Å². The minimum absolute atomic E-state index is 0.0937. The summed E-state index contributed by atoms with van der Waals surface area (Å²) in [5.74, 6) is -1.91. The van der Waals surface area contributed by atoms with Gasteiger partial charge in [-0.15, -0.1) is 0 Å². The van der Waals surface area contributed by atoms with Gasteiger partial charge >= 0.3 is 0 Å². The molecular weight excluding hydrogens is 322 g/mol. The van der Waals surface area contributed by atoms with Gasteiger partial charge in [0.1, 0.15) is 0 Å². The second-order valence-corrected chi connectivity index (χ2v) is 6.98. The van der Waals surface area contributed by atoms with E-state index >= 15 is 0 Å². The zero-order chi connectivity index (χ0) is 16.7. The first-order valence-electron chi connectivity index (χ1n) is 7.12. The number of hydrogen-bond donors (Lipinski definition) is 2. The number of halogens is 2. The van der Waals surface area contributed by atoms with Crippen molar-refractivity contribution in [2.24, 2.45) is 0 Å². The molecule has 2 rings (SSSR count). The fraction of sp³-hybridized carbons (Fsp3) is 0.250. The third kappa shape index (κ3) is 6.05. The highest BCUT2D eigenvalue weighted by Crippen LogP contribution is 2.08. The zero-order valence-electron chi connectivity index (χ0n) is 12.4. The van der Waals surface area contributed by atoms with Crippen LogP contribution in [0.5, 0.6) is 0 Å². The number of benzene rings is 2. The molecule has 4 nitrogen and oxygen atoms in total. The molecule has 2 aromatic carbocycles. The number of nitrogens with one attached hydrogen (secondary N) is 2. The lowest BCUT2D eigenvalue weighted by Crippen LogP contribution is -2.31. The number of rotatable bonds is 8. The molecule has 124 valence electrons. The summed E-state index contributed by atoms with van der Waals surface area (Å²) in [5.41, 5.74) is 1.43. The third-order valence-corrected chi connectivity index (χ3v) is 4.53. The molecular formula is C16H18F2N2O2S. The van der Waals surface area contributed by atoms with Gasteiger partial charge in [0.05, 0.1) is 5.75 Å². The zero-order valence-corrected chi connectivity index (χ0v) is 13.2. The molecule has 0 atom stereocenters. The Morgan fingerprint density at radius 3 is 2.30 bits per heavy atom. The van der Waals surface area contributed by atoms with E-state index in [0.717, 1.165) is 17.7 Å². The van der Waals surface area contributed by atoms with Crippen LogP contribution in [0.3, 0.4) is 0 Å². The Kier molecular flexibility index (Phi) is 6.20. The van der Waals surface area contributed by atoms with Crippen LogP contribution in [-0.2, 0) is 23.1 Å². The van der Waals surface area contributed by atoms with Crippen molar-refractivity contribution < 1.29 is 17.2 Å². The summed E-state index contributed by atoms with van der Waals surface area (Å²) in [6.45, 7) is 0.723. The quantitative estimate of drug-likeness (QED) is 0.724. The lowest BCUT2D eigenvalue weighted by atomic mass is 10.2. The SMILES string of the molecule is O=S(=O)(CCNCc1ccc(F)c(F)c1)NCc1ccccc1. The van der Waals surface area contributed by atoms with Crippen LogP contribution in [0, 0.1) is 11.6 Å². The number of hydrogen-bond acceptors (Lipinski definition) is 3. The largest absolute Gasteiger partial charge is 0.312 e. The van der Waals surface area contributed by atoms with E-state index in [1.54, 1.807) is 0 Å². The number of sulfonamides is 1. The van der Waals surface area contributed by atoms with Crippen molar-refractivity contribution in [3.63, 3.8) is 0 Å². The van der Waals surface area contributed by atoms with Gasteiger partial charge in [0.15, 0.2) is 11.6 Å². The molecule has 0 radical (unpaired) electrons. The second-order valence-electron chi connectivity index (χ2n) is 5.05. The Labute approximate surface area is 134 Å². The highest BCUT2D eigenvalue weighted by Gasteiger charge is 2.09. The molecule has 0 saturated carbocycles. The van der Waals surface area contributed by atoms with Crippen LogP contribution >= 0.6 is 0 Å². The van der Waals surface area contributed by atoms with E-state index in [1.165, 1.54) is 6.07 Å². The summed E-state index contributed by atoms with van der Waals surface area (Å²) in [6.07, 6.45) is 0. The summed E-state index contributed by atoms with van der Waals surface area (Å²) in [5, 5.41) is 2.89. The predicted octanol–water partition coefficient (Wildman–Crippen LogP) is 2.17. The van der Waals surface area contributed by atoms with Crippen LogP contribution in [0.2, 0.25) is 0 Å². The summed E-state index contributed by atoms with van der Waals surface area (Å²) in [4.78, 5) is 0. The predicted molar refractivity (Wildman–Crippen MR) is 85.1 cm³/mol. The molecule has 2 aromatic rings. The lowest BCUT2D eigenvalue weighted by molar-refractivity contribution is 0.506. The highest BCUT2D eigenvalue weighted by molar-refractivity contribution is 7.89. The first-order valence-corrected chi connectivity index (χ1v) is 8.77. The lowest BCUT2D eigenvalue weighted by Gasteiger charge is -2.08. The molecule has 0 aromatic heterocycles. The molecule has 7 heteroatoms. The molecule has 0 amide bonds. The minimum Gasteiger partial charge on any atom is -0.312 e. The Balaban J connectivity index is 1.73. The van der Waals surface area contributed by atoms with Crippen molar-refractivity contribution in [2.75, 3.05) is 12.3 Å². The Morgan fingerprint density at radius 1 is 0.870 bits per heavy atom. The summed E-state index contributed by atoms with van der Waals surface area (Å²) >= 11 is 0. The molecule has 0 spiro atoms. The smallest absolute Gasteiger partial charge is 0.213 e. The highest BCUT2D eigenvalue weighted by atomic mass is 32.2. The second kappa shape index (κ2) is 8.14. The fourth-order valence-corrected chi connectivity index (χ4v) is 2.89. The average Bonchev–Trinajstić information content (AvgIpc) is 2.54. The van der Waals surface area contributed by atoms with Crippen LogP contribution in [-0.4, -0.2) is 20.7 Å².